The molecule has 1 amide bonds. The van der Waals surface area contributed by atoms with Gasteiger partial charge in [0.15, 0.2) is 0 Å². The minimum atomic E-state index is -0.658. The third-order valence-electron chi connectivity index (χ3n) is 3.23. The summed E-state index contributed by atoms with van der Waals surface area (Å²) >= 11 is 5.09. The van der Waals surface area contributed by atoms with Gasteiger partial charge in [0.25, 0.3) is 0 Å². The van der Waals surface area contributed by atoms with Crippen LogP contribution in [0.3, 0.4) is 0 Å². The topological polar surface area (TPSA) is 77.2 Å². The van der Waals surface area contributed by atoms with E-state index in [4.69, 9.17) is 0 Å². The molecule has 0 saturated carbocycles. The summed E-state index contributed by atoms with van der Waals surface area (Å²) < 4.78 is 0.995. The Kier molecular flexibility index (Phi) is 6.10. The molecule has 0 aliphatic carbocycles. The lowest BCUT2D eigenvalue weighted by Gasteiger charge is -2.14. The Hall–Kier alpha value is -1.02. The van der Waals surface area contributed by atoms with Gasteiger partial charge in [-0.15, -0.1) is 0 Å². The molecule has 21 heavy (non-hydrogen) atoms. The number of rotatable bonds is 7. The van der Waals surface area contributed by atoms with Crippen molar-refractivity contribution in [2.75, 3.05) is 18.6 Å². The third-order valence-corrected chi connectivity index (χ3v) is 4.34. The highest BCUT2D eigenvalue weighted by atomic mass is 79.9. The molecule has 4 N–H and O–H groups in total. The third kappa shape index (κ3) is 4.23. The van der Waals surface area contributed by atoms with E-state index in [0.29, 0.717) is 13.0 Å². The van der Waals surface area contributed by atoms with Gasteiger partial charge in [-0.2, -0.15) is 17.2 Å². The van der Waals surface area contributed by atoms with E-state index in [1.807, 2.05) is 30.7 Å². The van der Waals surface area contributed by atoms with Crippen molar-refractivity contribution in [3.8, 4) is 0 Å². The van der Waals surface area contributed by atoms with Crippen LogP contribution in [0.1, 0.15) is 5.56 Å². The molecule has 0 saturated heterocycles. The number of halogens is 1. The number of benzene rings is 1. The Morgan fingerprint density at radius 3 is 3.05 bits per heavy atom. The monoisotopic (exact) mass is 371 g/mol. The molecule has 1 unspecified atom stereocenters. The summed E-state index contributed by atoms with van der Waals surface area (Å²) in [7, 11) is 0. The largest absolute Gasteiger partial charge is 0.361 e. The van der Waals surface area contributed by atoms with Crippen molar-refractivity contribution >= 4 is 44.5 Å². The number of hydrogen-bond donors (Lipinski definition) is 4. The summed E-state index contributed by atoms with van der Waals surface area (Å²) in [6, 6.07) is 5.28. The van der Waals surface area contributed by atoms with E-state index in [1.54, 1.807) is 11.8 Å². The van der Waals surface area contributed by atoms with E-state index in [9.17, 15) is 10.0 Å². The summed E-state index contributed by atoms with van der Waals surface area (Å²) in [5.74, 6) is 0.656. The number of aromatic amines is 1. The van der Waals surface area contributed by atoms with E-state index >= 15 is 0 Å². The summed E-state index contributed by atoms with van der Waals surface area (Å²) in [6.07, 6.45) is 4.28. The molecule has 1 aromatic carbocycles. The predicted octanol–water partition coefficient (Wildman–Crippen LogP) is 2.30. The normalized spacial score (nSPS) is 12.5. The predicted molar refractivity (Wildman–Crippen MR) is 89.8 cm³/mol. The van der Waals surface area contributed by atoms with E-state index in [0.717, 1.165) is 26.7 Å². The number of carbonyl (C=O) groups is 1. The highest BCUT2D eigenvalue weighted by Crippen LogP contribution is 2.23. The number of fused-ring (bicyclic) bond motifs is 1. The summed E-state index contributed by atoms with van der Waals surface area (Å²) in [4.78, 5) is 15.2. The Morgan fingerprint density at radius 2 is 2.33 bits per heavy atom. The lowest BCUT2D eigenvalue weighted by Crippen LogP contribution is -2.44. The number of thioether (sulfide) groups is 1. The summed E-state index contributed by atoms with van der Waals surface area (Å²) in [6.45, 7) is 0.596. The van der Waals surface area contributed by atoms with E-state index in [-0.39, 0.29) is 5.91 Å². The lowest BCUT2D eigenvalue weighted by atomic mass is 10.0. The number of nitrogens with one attached hydrogen (secondary N) is 3. The van der Waals surface area contributed by atoms with Crippen molar-refractivity contribution in [2.24, 2.45) is 0 Å². The van der Waals surface area contributed by atoms with Crippen LogP contribution in [0.25, 0.3) is 10.9 Å². The second-order valence-corrected chi connectivity index (χ2v) is 6.57. The average molecular weight is 372 g/mol. The van der Waals surface area contributed by atoms with Crippen LogP contribution in [0.4, 0.5) is 0 Å². The van der Waals surface area contributed by atoms with Crippen molar-refractivity contribution in [3.05, 3.63) is 34.4 Å². The molecule has 0 fully saturated rings. The van der Waals surface area contributed by atoms with Gasteiger partial charge in [-0.1, -0.05) is 22.0 Å². The van der Waals surface area contributed by atoms with Crippen LogP contribution < -0.4 is 10.8 Å². The van der Waals surface area contributed by atoms with E-state index in [2.05, 4.69) is 31.7 Å². The fourth-order valence-corrected chi connectivity index (χ4v) is 2.81. The SMILES string of the molecule is CSCCNC(=O)C(Cc1c[nH]c2cc(Br)ccc12)NO. The Labute approximate surface area is 136 Å². The van der Waals surface area contributed by atoms with Gasteiger partial charge in [0, 0.05) is 40.3 Å². The zero-order valence-corrected chi connectivity index (χ0v) is 14.1. The van der Waals surface area contributed by atoms with Gasteiger partial charge in [-0.25, -0.2) is 0 Å². The highest BCUT2D eigenvalue weighted by molar-refractivity contribution is 9.10. The fraction of sp³-hybridized carbons (Fsp3) is 0.357. The zero-order chi connectivity index (χ0) is 15.2. The smallest absolute Gasteiger partial charge is 0.239 e. The first-order valence-corrected chi connectivity index (χ1v) is 8.76. The summed E-state index contributed by atoms with van der Waals surface area (Å²) in [5.41, 5.74) is 4.09. The van der Waals surface area contributed by atoms with Crippen molar-refractivity contribution in [3.63, 3.8) is 0 Å². The Morgan fingerprint density at radius 1 is 1.52 bits per heavy atom. The molecule has 0 bridgehead atoms. The quantitative estimate of drug-likeness (QED) is 0.444. The number of carbonyl (C=O) groups excluding carboxylic acids is 1. The number of aromatic nitrogens is 1. The van der Waals surface area contributed by atoms with Gasteiger partial charge in [0.2, 0.25) is 5.91 Å². The second-order valence-electron chi connectivity index (χ2n) is 4.67. The number of H-pyrrole nitrogens is 1. The maximum atomic E-state index is 12.0. The number of amides is 1. The molecule has 0 radical (unpaired) electrons. The van der Waals surface area contributed by atoms with Gasteiger partial charge < -0.3 is 15.5 Å². The fourth-order valence-electron chi connectivity index (χ4n) is 2.14. The van der Waals surface area contributed by atoms with Crippen LogP contribution >= 0.6 is 27.7 Å². The van der Waals surface area contributed by atoms with Gasteiger partial charge in [0.05, 0.1) is 0 Å². The van der Waals surface area contributed by atoms with Crippen LogP contribution in [0, 0.1) is 0 Å². The van der Waals surface area contributed by atoms with Crippen molar-refractivity contribution in [2.45, 2.75) is 12.5 Å². The van der Waals surface area contributed by atoms with E-state index < -0.39 is 6.04 Å². The molecular weight excluding hydrogens is 354 g/mol. The molecule has 1 aromatic heterocycles. The van der Waals surface area contributed by atoms with Crippen LogP contribution in [-0.4, -0.2) is 40.7 Å². The highest BCUT2D eigenvalue weighted by Gasteiger charge is 2.19. The van der Waals surface area contributed by atoms with Crippen molar-refractivity contribution < 1.29 is 10.0 Å². The molecule has 5 nitrogen and oxygen atoms in total. The molecule has 7 heteroatoms. The Bertz CT molecular complexity index is 617. The van der Waals surface area contributed by atoms with Crippen LogP contribution in [0.5, 0.6) is 0 Å². The van der Waals surface area contributed by atoms with Gasteiger partial charge in [-0.05, 0) is 24.0 Å². The second kappa shape index (κ2) is 7.84. The molecule has 2 aromatic rings. The minimum absolute atomic E-state index is 0.196. The maximum absolute atomic E-state index is 12.0. The first kappa shape index (κ1) is 16.4. The molecule has 0 spiro atoms. The molecule has 0 aliphatic heterocycles. The van der Waals surface area contributed by atoms with Crippen LogP contribution in [0.2, 0.25) is 0 Å². The minimum Gasteiger partial charge on any atom is -0.361 e. The number of hydroxylamine groups is 1. The van der Waals surface area contributed by atoms with Crippen molar-refractivity contribution in [1.29, 1.82) is 0 Å². The number of hydrogen-bond acceptors (Lipinski definition) is 4. The van der Waals surface area contributed by atoms with Crippen LogP contribution in [0.15, 0.2) is 28.9 Å². The first-order chi connectivity index (χ1) is 10.2. The van der Waals surface area contributed by atoms with Crippen LogP contribution in [-0.2, 0) is 11.2 Å². The first-order valence-electron chi connectivity index (χ1n) is 6.57. The van der Waals surface area contributed by atoms with E-state index in [1.165, 1.54) is 0 Å². The van der Waals surface area contributed by atoms with Gasteiger partial charge >= 0.3 is 0 Å². The molecular formula is C14H18BrN3O2S. The molecule has 1 heterocycles. The zero-order valence-electron chi connectivity index (χ0n) is 11.6. The molecule has 1 atom stereocenters. The lowest BCUT2D eigenvalue weighted by molar-refractivity contribution is -0.125. The van der Waals surface area contributed by atoms with Gasteiger partial charge in [-0.3, -0.25) is 4.79 Å². The standard InChI is InChI=1S/C14H18BrN3O2S/c1-21-5-4-16-14(19)13(18-20)6-9-8-17-12-7-10(15)2-3-11(9)12/h2-3,7-8,13,17-18,20H,4-6H2,1H3,(H,16,19). The maximum Gasteiger partial charge on any atom is 0.239 e. The average Bonchev–Trinajstić information content (AvgIpc) is 2.86. The molecule has 0 aliphatic rings. The van der Waals surface area contributed by atoms with Crippen molar-refractivity contribution in [1.82, 2.24) is 15.8 Å². The molecule has 114 valence electrons. The Balaban J connectivity index is 2.08. The summed E-state index contributed by atoms with van der Waals surface area (Å²) in [5, 5.41) is 13.1. The van der Waals surface area contributed by atoms with Gasteiger partial charge in [0.1, 0.15) is 6.04 Å². The molecule has 2 rings (SSSR count).